The predicted octanol–water partition coefficient (Wildman–Crippen LogP) is 4.97. The first-order chi connectivity index (χ1) is 18.0. The molecule has 1 aliphatic rings. The van der Waals surface area contributed by atoms with Gasteiger partial charge in [-0.25, -0.2) is 9.37 Å². The van der Waals surface area contributed by atoms with Crippen LogP contribution in [0.4, 0.5) is 4.39 Å². The van der Waals surface area contributed by atoms with Gasteiger partial charge in [0.2, 0.25) is 0 Å². The number of halogens is 1. The van der Waals surface area contributed by atoms with Crippen molar-refractivity contribution in [3.8, 4) is 11.5 Å². The predicted molar refractivity (Wildman–Crippen MR) is 142 cm³/mol. The molecule has 37 heavy (non-hydrogen) atoms. The molecule has 0 unspecified atom stereocenters. The van der Waals surface area contributed by atoms with Crippen molar-refractivity contribution in [2.75, 3.05) is 33.4 Å². The van der Waals surface area contributed by atoms with E-state index in [1.165, 1.54) is 6.07 Å². The van der Waals surface area contributed by atoms with Crippen LogP contribution in [0.15, 0.2) is 48.5 Å². The standard InChI is InChI=1S/C29H36FN3O4/c1-20(2)33(22-10-7-14-31-18-22)29(34)25-17-27(36-16-8-15-35-3)23-11-6-13-26(28(23)32-25)37-19-21-9-4-5-12-24(21)30/h4-6,9,11-13,17,20,22,31H,7-8,10,14-16,18-19H2,1-3H3/t22-/m1/s1. The number of carbonyl (C=O) groups excluding carboxylic acids is 1. The van der Waals surface area contributed by atoms with Crippen LogP contribution in [0, 0.1) is 5.82 Å². The Labute approximate surface area is 217 Å². The molecule has 1 amide bonds. The van der Waals surface area contributed by atoms with Gasteiger partial charge in [0, 0.05) is 55.8 Å². The van der Waals surface area contributed by atoms with Crippen LogP contribution in [-0.2, 0) is 11.3 Å². The number of benzene rings is 2. The van der Waals surface area contributed by atoms with Crippen LogP contribution in [0.25, 0.3) is 10.9 Å². The molecule has 1 N–H and O–H groups in total. The number of carbonyl (C=O) groups is 1. The molecule has 0 radical (unpaired) electrons. The molecule has 198 valence electrons. The number of hydrogen-bond acceptors (Lipinski definition) is 6. The van der Waals surface area contributed by atoms with E-state index in [4.69, 9.17) is 19.2 Å². The fraction of sp³-hybridized carbons (Fsp3) is 0.448. The largest absolute Gasteiger partial charge is 0.493 e. The minimum atomic E-state index is -0.331. The van der Waals surface area contributed by atoms with Crippen LogP contribution in [-0.4, -0.2) is 61.3 Å². The van der Waals surface area contributed by atoms with E-state index in [2.05, 4.69) is 5.32 Å². The lowest BCUT2D eigenvalue weighted by Crippen LogP contribution is -2.51. The van der Waals surface area contributed by atoms with Gasteiger partial charge in [-0.05, 0) is 51.4 Å². The van der Waals surface area contributed by atoms with E-state index in [1.54, 1.807) is 37.4 Å². The lowest BCUT2D eigenvalue weighted by atomic mass is 10.0. The van der Waals surface area contributed by atoms with Crippen molar-refractivity contribution in [1.29, 1.82) is 0 Å². The maximum atomic E-state index is 14.2. The van der Waals surface area contributed by atoms with Crippen LogP contribution >= 0.6 is 0 Å². The number of nitrogens with one attached hydrogen (secondary N) is 1. The third-order valence-corrected chi connectivity index (χ3v) is 6.53. The van der Waals surface area contributed by atoms with Gasteiger partial charge in [0.25, 0.3) is 5.91 Å². The molecular weight excluding hydrogens is 473 g/mol. The summed E-state index contributed by atoms with van der Waals surface area (Å²) in [4.78, 5) is 20.6. The van der Waals surface area contributed by atoms with Crippen molar-refractivity contribution in [1.82, 2.24) is 15.2 Å². The van der Waals surface area contributed by atoms with Crippen LogP contribution in [0.5, 0.6) is 11.5 Å². The van der Waals surface area contributed by atoms with Gasteiger partial charge in [-0.3, -0.25) is 4.79 Å². The van der Waals surface area contributed by atoms with Gasteiger partial charge < -0.3 is 24.4 Å². The van der Waals surface area contributed by atoms with Gasteiger partial charge in [-0.2, -0.15) is 0 Å². The molecule has 3 aromatic rings. The Morgan fingerprint density at radius 3 is 2.70 bits per heavy atom. The van der Waals surface area contributed by atoms with Gasteiger partial charge in [-0.1, -0.05) is 24.3 Å². The van der Waals surface area contributed by atoms with E-state index < -0.39 is 0 Å². The number of para-hydroxylation sites is 1. The molecule has 0 bridgehead atoms. The SMILES string of the molecule is COCCCOc1cc(C(=O)N(C(C)C)[C@@H]2CCCNC2)nc2c(OCc3ccccc3F)cccc12. The number of rotatable bonds is 11. The summed E-state index contributed by atoms with van der Waals surface area (Å²) >= 11 is 0. The second-order valence-electron chi connectivity index (χ2n) is 9.54. The fourth-order valence-electron chi connectivity index (χ4n) is 4.72. The van der Waals surface area contributed by atoms with Crippen molar-refractivity contribution in [3.63, 3.8) is 0 Å². The number of amides is 1. The fourth-order valence-corrected chi connectivity index (χ4v) is 4.72. The summed E-state index contributed by atoms with van der Waals surface area (Å²) in [5, 5.41) is 4.13. The number of pyridine rings is 1. The highest BCUT2D eigenvalue weighted by molar-refractivity contribution is 5.98. The van der Waals surface area contributed by atoms with Crippen LogP contribution in [0.1, 0.15) is 49.2 Å². The minimum absolute atomic E-state index is 0.00789. The summed E-state index contributed by atoms with van der Waals surface area (Å²) < 4.78 is 31.5. The third kappa shape index (κ3) is 6.56. The molecule has 1 atom stereocenters. The van der Waals surface area contributed by atoms with Gasteiger partial charge in [0.1, 0.15) is 35.1 Å². The van der Waals surface area contributed by atoms with Gasteiger partial charge in [0.05, 0.1) is 6.61 Å². The highest BCUT2D eigenvalue weighted by Gasteiger charge is 2.30. The van der Waals surface area contributed by atoms with Crippen molar-refractivity contribution < 1.29 is 23.4 Å². The van der Waals surface area contributed by atoms with E-state index in [0.29, 0.717) is 47.9 Å². The summed E-state index contributed by atoms with van der Waals surface area (Å²) in [6.07, 6.45) is 2.68. The summed E-state index contributed by atoms with van der Waals surface area (Å²) in [7, 11) is 1.65. The Morgan fingerprint density at radius 2 is 1.97 bits per heavy atom. The number of piperidine rings is 1. The maximum Gasteiger partial charge on any atom is 0.273 e. The number of hydrogen-bond donors (Lipinski definition) is 1. The normalized spacial score (nSPS) is 15.6. The monoisotopic (exact) mass is 509 g/mol. The van der Waals surface area contributed by atoms with E-state index in [0.717, 1.165) is 31.3 Å². The molecular formula is C29H36FN3O4. The number of fused-ring (bicyclic) bond motifs is 1. The Hall–Kier alpha value is -3.23. The van der Waals surface area contributed by atoms with E-state index in [-0.39, 0.29) is 30.4 Å². The van der Waals surface area contributed by atoms with Gasteiger partial charge >= 0.3 is 0 Å². The summed E-state index contributed by atoms with van der Waals surface area (Å²) in [5.41, 5.74) is 1.26. The average Bonchev–Trinajstić information content (AvgIpc) is 2.91. The summed E-state index contributed by atoms with van der Waals surface area (Å²) in [6.45, 7) is 6.82. The first-order valence-electron chi connectivity index (χ1n) is 12.9. The molecule has 4 rings (SSSR count). The smallest absolute Gasteiger partial charge is 0.273 e. The summed E-state index contributed by atoms with van der Waals surface area (Å²) in [5.74, 6) is 0.553. The Bertz CT molecular complexity index is 1200. The highest BCUT2D eigenvalue weighted by Crippen LogP contribution is 2.33. The Balaban J connectivity index is 1.71. The van der Waals surface area contributed by atoms with Crippen LogP contribution < -0.4 is 14.8 Å². The number of methoxy groups -OCH3 is 1. The number of ether oxygens (including phenoxy) is 3. The molecule has 1 aromatic heterocycles. The first-order valence-corrected chi connectivity index (χ1v) is 12.9. The Kier molecular flexibility index (Phi) is 9.30. The van der Waals surface area contributed by atoms with Crippen LogP contribution in [0.3, 0.4) is 0 Å². The molecule has 7 nitrogen and oxygen atoms in total. The molecule has 8 heteroatoms. The second kappa shape index (κ2) is 12.8. The molecule has 0 saturated carbocycles. The summed E-state index contributed by atoms with van der Waals surface area (Å²) in [6, 6.07) is 13.9. The maximum absolute atomic E-state index is 14.2. The molecule has 1 aliphatic heterocycles. The zero-order valence-corrected chi connectivity index (χ0v) is 21.8. The van der Waals surface area contributed by atoms with Crippen molar-refractivity contribution >= 4 is 16.8 Å². The van der Waals surface area contributed by atoms with E-state index in [9.17, 15) is 9.18 Å². The molecule has 1 saturated heterocycles. The molecule has 2 heterocycles. The van der Waals surface area contributed by atoms with Crippen LogP contribution in [0.2, 0.25) is 0 Å². The van der Waals surface area contributed by atoms with Crippen molar-refractivity contribution in [2.24, 2.45) is 0 Å². The van der Waals surface area contributed by atoms with Gasteiger partial charge in [-0.15, -0.1) is 0 Å². The minimum Gasteiger partial charge on any atom is -0.493 e. The first kappa shape index (κ1) is 26.8. The second-order valence-corrected chi connectivity index (χ2v) is 9.54. The lowest BCUT2D eigenvalue weighted by molar-refractivity contribution is 0.0567. The molecule has 1 fully saturated rings. The van der Waals surface area contributed by atoms with Gasteiger partial charge in [0.15, 0.2) is 0 Å². The molecule has 0 aliphatic carbocycles. The quantitative estimate of drug-likeness (QED) is 0.368. The van der Waals surface area contributed by atoms with Crippen molar-refractivity contribution in [2.45, 2.75) is 51.8 Å². The number of nitrogens with zero attached hydrogens (tertiary/aromatic N) is 2. The molecule has 0 spiro atoms. The topological polar surface area (TPSA) is 72.9 Å². The Morgan fingerprint density at radius 1 is 1.14 bits per heavy atom. The van der Waals surface area contributed by atoms with E-state index in [1.807, 2.05) is 30.9 Å². The zero-order chi connectivity index (χ0) is 26.2. The highest BCUT2D eigenvalue weighted by atomic mass is 19.1. The zero-order valence-electron chi connectivity index (χ0n) is 21.8. The number of aromatic nitrogens is 1. The van der Waals surface area contributed by atoms with E-state index >= 15 is 0 Å². The van der Waals surface area contributed by atoms with Crippen molar-refractivity contribution in [3.05, 3.63) is 65.6 Å². The lowest BCUT2D eigenvalue weighted by Gasteiger charge is -2.37. The average molecular weight is 510 g/mol. The third-order valence-electron chi connectivity index (χ3n) is 6.53. The molecule has 2 aromatic carbocycles.